The number of aromatic nitrogens is 1. The Bertz CT molecular complexity index is 3580. The Balaban J connectivity index is 0.965. The maximum atomic E-state index is 2.42. The van der Waals surface area contributed by atoms with Gasteiger partial charge in [0.05, 0.1) is 16.7 Å². The van der Waals surface area contributed by atoms with Crippen molar-refractivity contribution in [3.63, 3.8) is 0 Å². The van der Waals surface area contributed by atoms with Gasteiger partial charge >= 0.3 is 0 Å². The molecule has 3 heteroatoms. The van der Waals surface area contributed by atoms with Gasteiger partial charge < -0.3 is 9.47 Å². The zero-order valence-electron chi connectivity index (χ0n) is 34.4. The Labute approximate surface area is 370 Å². The van der Waals surface area contributed by atoms with Crippen LogP contribution in [0, 0.1) is 0 Å². The monoisotopic (exact) mass is 820 g/mol. The van der Waals surface area contributed by atoms with Gasteiger partial charge in [-0.05, 0) is 100 Å². The number of nitrogens with zero attached hydrogens (tertiary/aromatic N) is 2. The van der Waals surface area contributed by atoms with E-state index in [1.54, 1.807) is 0 Å². The minimum Gasteiger partial charge on any atom is -0.310 e. The number of hydrogen-bond donors (Lipinski definition) is 0. The molecule has 0 N–H and O–H groups in total. The fraction of sp³-hybridized carbons (Fsp3) is 0. The molecule has 296 valence electrons. The van der Waals surface area contributed by atoms with Gasteiger partial charge in [0.1, 0.15) is 0 Å². The zero-order valence-corrected chi connectivity index (χ0v) is 35.2. The number of rotatable bonds is 8. The summed E-state index contributed by atoms with van der Waals surface area (Å²) in [6.45, 7) is 0. The van der Waals surface area contributed by atoms with Crippen molar-refractivity contribution in [3.05, 3.63) is 243 Å². The molecule has 12 rings (SSSR count). The van der Waals surface area contributed by atoms with Crippen molar-refractivity contribution in [3.8, 4) is 50.2 Å². The summed E-state index contributed by atoms with van der Waals surface area (Å²) in [5.74, 6) is 0. The Kier molecular flexibility index (Phi) is 9.06. The van der Waals surface area contributed by atoms with Gasteiger partial charge in [0.2, 0.25) is 0 Å². The first-order chi connectivity index (χ1) is 31.2. The van der Waals surface area contributed by atoms with Crippen LogP contribution in [-0.2, 0) is 0 Å². The van der Waals surface area contributed by atoms with E-state index in [-0.39, 0.29) is 0 Å². The molecule has 0 spiro atoms. The Hall–Kier alpha value is -7.98. The van der Waals surface area contributed by atoms with Crippen molar-refractivity contribution >= 4 is 70.4 Å². The minimum atomic E-state index is 1.09. The molecule has 0 aliphatic rings. The largest absolute Gasteiger partial charge is 0.310 e. The van der Waals surface area contributed by atoms with Gasteiger partial charge in [-0.2, -0.15) is 0 Å². The van der Waals surface area contributed by atoms with Crippen LogP contribution in [0.5, 0.6) is 0 Å². The highest BCUT2D eigenvalue weighted by molar-refractivity contribution is 7.26. The number of benzene rings is 10. The molecule has 0 aliphatic heterocycles. The summed E-state index contributed by atoms with van der Waals surface area (Å²) < 4.78 is 4.98. The van der Waals surface area contributed by atoms with E-state index < -0.39 is 0 Å². The van der Waals surface area contributed by atoms with Crippen LogP contribution < -0.4 is 4.90 Å². The first-order valence-electron chi connectivity index (χ1n) is 21.5. The molecule has 2 nitrogen and oxygen atoms in total. The van der Waals surface area contributed by atoms with Crippen molar-refractivity contribution in [2.45, 2.75) is 0 Å². The molecule has 2 aromatic heterocycles. The lowest BCUT2D eigenvalue weighted by molar-refractivity contribution is 1.18. The maximum Gasteiger partial charge on any atom is 0.0541 e. The molecular formula is C60H40N2S. The summed E-state index contributed by atoms with van der Waals surface area (Å²) in [5, 5.41) is 5.10. The fourth-order valence-electron chi connectivity index (χ4n) is 9.38. The van der Waals surface area contributed by atoms with E-state index in [2.05, 4.69) is 252 Å². The van der Waals surface area contributed by atoms with Crippen LogP contribution in [0.1, 0.15) is 0 Å². The van der Waals surface area contributed by atoms with Gasteiger partial charge in [-0.3, -0.25) is 0 Å². The molecule has 0 saturated heterocycles. The van der Waals surface area contributed by atoms with Crippen LogP contribution >= 0.6 is 11.3 Å². The Morgan fingerprint density at radius 3 is 1.52 bits per heavy atom. The quantitative estimate of drug-likeness (QED) is 0.148. The molecule has 0 saturated carbocycles. The third-order valence-electron chi connectivity index (χ3n) is 12.4. The molecular weight excluding hydrogens is 781 g/mol. The van der Waals surface area contributed by atoms with Crippen LogP contribution in [0.3, 0.4) is 0 Å². The van der Waals surface area contributed by atoms with E-state index in [4.69, 9.17) is 0 Å². The van der Waals surface area contributed by atoms with E-state index in [1.165, 1.54) is 92.2 Å². The SMILES string of the molecule is c1ccc(-c2ccc(-c3ccc(N(c4ccc(-c5ccc6c(c5)c5ccccc5n6-c5ccccc5)cc4)c4ccccc4-c4cccc5c4sc4ccccc45)cc3)cc2)cc1. The molecule has 10 aromatic carbocycles. The highest BCUT2D eigenvalue weighted by Crippen LogP contribution is 2.46. The summed E-state index contributed by atoms with van der Waals surface area (Å²) in [5.41, 5.74) is 16.5. The highest BCUT2D eigenvalue weighted by Gasteiger charge is 2.20. The molecule has 0 fully saturated rings. The van der Waals surface area contributed by atoms with Crippen molar-refractivity contribution in [1.29, 1.82) is 0 Å². The number of thiophene rings is 1. The van der Waals surface area contributed by atoms with Crippen LogP contribution in [0.25, 0.3) is 92.2 Å². The molecule has 0 radical (unpaired) electrons. The molecule has 0 atom stereocenters. The lowest BCUT2D eigenvalue weighted by atomic mass is 9.98. The Morgan fingerprint density at radius 1 is 0.317 bits per heavy atom. The van der Waals surface area contributed by atoms with Crippen molar-refractivity contribution in [1.82, 2.24) is 4.57 Å². The van der Waals surface area contributed by atoms with Crippen LogP contribution in [0.4, 0.5) is 17.1 Å². The summed E-state index contributed by atoms with van der Waals surface area (Å²) in [6.07, 6.45) is 0. The third kappa shape index (κ3) is 6.50. The molecule has 12 aromatic rings. The summed E-state index contributed by atoms with van der Waals surface area (Å²) in [7, 11) is 0. The van der Waals surface area contributed by atoms with Crippen LogP contribution in [0.2, 0.25) is 0 Å². The van der Waals surface area contributed by atoms with Crippen molar-refractivity contribution < 1.29 is 0 Å². The van der Waals surface area contributed by atoms with Gasteiger partial charge in [0.15, 0.2) is 0 Å². The second kappa shape index (κ2) is 15.5. The average Bonchev–Trinajstić information content (AvgIpc) is 3.91. The van der Waals surface area contributed by atoms with E-state index >= 15 is 0 Å². The minimum absolute atomic E-state index is 1.09. The van der Waals surface area contributed by atoms with Gasteiger partial charge in [0, 0.05) is 59.1 Å². The first kappa shape index (κ1) is 36.8. The smallest absolute Gasteiger partial charge is 0.0541 e. The van der Waals surface area contributed by atoms with Crippen molar-refractivity contribution in [2.24, 2.45) is 0 Å². The Morgan fingerprint density at radius 2 is 0.810 bits per heavy atom. The molecule has 2 heterocycles. The number of para-hydroxylation sites is 3. The highest BCUT2D eigenvalue weighted by atomic mass is 32.1. The second-order valence-corrected chi connectivity index (χ2v) is 17.1. The van der Waals surface area contributed by atoms with Gasteiger partial charge in [-0.15, -0.1) is 11.3 Å². The fourth-order valence-corrected chi connectivity index (χ4v) is 10.6. The molecule has 63 heavy (non-hydrogen) atoms. The summed E-state index contributed by atoms with van der Waals surface area (Å²) >= 11 is 1.88. The maximum absolute atomic E-state index is 2.42. The summed E-state index contributed by atoms with van der Waals surface area (Å²) in [6, 6.07) is 88.3. The van der Waals surface area contributed by atoms with Crippen molar-refractivity contribution in [2.75, 3.05) is 4.90 Å². The van der Waals surface area contributed by atoms with Crippen LogP contribution in [-0.4, -0.2) is 4.57 Å². The number of anilines is 3. The molecule has 0 bridgehead atoms. The standard InChI is InChI=1S/C60H40N2S/c1-3-14-41(15-4-1)42-26-28-43(29-27-42)44-30-35-48(36-31-44)61(56-23-10-7-18-50(56)53-21-13-22-54-52-20-9-12-25-59(52)63-60(53)54)49-37-32-45(33-38-49)46-34-39-58-55(40-46)51-19-8-11-24-57(51)62(58)47-16-5-2-6-17-47/h1-40H. The van der Waals surface area contributed by atoms with Crippen LogP contribution in [0.15, 0.2) is 243 Å². The summed E-state index contributed by atoms with van der Waals surface area (Å²) in [4.78, 5) is 2.42. The first-order valence-corrected chi connectivity index (χ1v) is 22.3. The van der Waals surface area contributed by atoms with E-state index in [0.717, 1.165) is 17.1 Å². The van der Waals surface area contributed by atoms with E-state index in [9.17, 15) is 0 Å². The molecule has 0 amide bonds. The normalized spacial score (nSPS) is 11.5. The van der Waals surface area contributed by atoms with Gasteiger partial charge in [0.25, 0.3) is 0 Å². The lowest BCUT2D eigenvalue weighted by Crippen LogP contribution is -2.11. The topological polar surface area (TPSA) is 8.17 Å². The zero-order chi connectivity index (χ0) is 41.7. The average molecular weight is 821 g/mol. The predicted octanol–water partition coefficient (Wildman–Crippen LogP) is 17.3. The number of fused-ring (bicyclic) bond motifs is 6. The molecule has 0 aliphatic carbocycles. The van der Waals surface area contributed by atoms with Gasteiger partial charge in [-0.1, -0.05) is 176 Å². The predicted molar refractivity (Wildman–Crippen MR) is 270 cm³/mol. The van der Waals surface area contributed by atoms with Gasteiger partial charge in [-0.25, -0.2) is 0 Å². The second-order valence-electron chi connectivity index (χ2n) is 16.1. The molecule has 0 unspecified atom stereocenters. The van der Waals surface area contributed by atoms with E-state index in [1.807, 2.05) is 11.3 Å². The number of hydrogen-bond acceptors (Lipinski definition) is 2. The third-order valence-corrected chi connectivity index (χ3v) is 13.7. The van der Waals surface area contributed by atoms with E-state index in [0.29, 0.717) is 0 Å². The lowest BCUT2D eigenvalue weighted by Gasteiger charge is -2.28.